The number of nitrogens with two attached hydrogens (primary N) is 1. The van der Waals surface area contributed by atoms with Gasteiger partial charge in [-0.25, -0.2) is 8.42 Å². The van der Waals surface area contributed by atoms with Crippen LogP contribution in [0.3, 0.4) is 0 Å². The number of thiocarbonyl (C=S) groups is 1. The van der Waals surface area contributed by atoms with Crippen LogP contribution < -0.4 is 11.1 Å². The summed E-state index contributed by atoms with van der Waals surface area (Å²) in [5, 5.41) is 2.73. The van der Waals surface area contributed by atoms with Gasteiger partial charge in [0.2, 0.25) is 0 Å². The van der Waals surface area contributed by atoms with E-state index in [1.807, 2.05) is 0 Å². The lowest BCUT2D eigenvalue weighted by Gasteiger charge is -2.05. The minimum Gasteiger partial charge on any atom is -0.376 e. The summed E-state index contributed by atoms with van der Waals surface area (Å²) in [6.45, 7) is 0. The number of anilines is 1. The van der Waals surface area contributed by atoms with Gasteiger partial charge in [-0.1, -0.05) is 0 Å². The van der Waals surface area contributed by atoms with Crippen molar-refractivity contribution in [3.05, 3.63) is 24.3 Å². The lowest BCUT2D eigenvalue weighted by Crippen LogP contribution is -2.18. The highest BCUT2D eigenvalue weighted by Crippen LogP contribution is 2.33. The normalized spacial score (nSPS) is 15.8. The molecule has 0 radical (unpaired) electrons. The molecule has 0 amide bonds. The first-order valence-corrected chi connectivity index (χ1v) is 6.86. The van der Waals surface area contributed by atoms with Crippen molar-refractivity contribution in [3.63, 3.8) is 0 Å². The van der Waals surface area contributed by atoms with Crippen molar-refractivity contribution in [1.29, 1.82) is 0 Å². The SMILES string of the molecule is NC(=S)Nc1ccc(S(=O)(=O)C2CC2)cc1. The molecule has 0 bridgehead atoms. The Morgan fingerprint density at radius 2 is 1.88 bits per heavy atom. The molecule has 1 saturated carbocycles. The van der Waals surface area contributed by atoms with Gasteiger partial charge < -0.3 is 11.1 Å². The van der Waals surface area contributed by atoms with Crippen LogP contribution in [0.15, 0.2) is 29.2 Å². The summed E-state index contributed by atoms with van der Waals surface area (Å²) >= 11 is 4.68. The average Bonchev–Trinajstić information content (AvgIpc) is 3.00. The molecule has 0 heterocycles. The van der Waals surface area contributed by atoms with Crippen molar-refractivity contribution in [1.82, 2.24) is 0 Å². The Balaban J connectivity index is 2.22. The monoisotopic (exact) mass is 256 g/mol. The predicted molar refractivity (Wildman–Crippen MR) is 67.1 cm³/mol. The maximum Gasteiger partial charge on any atom is 0.181 e. The Morgan fingerprint density at radius 3 is 2.31 bits per heavy atom. The molecule has 6 heteroatoms. The van der Waals surface area contributed by atoms with Gasteiger partial charge in [-0.3, -0.25) is 0 Å². The smallest absolute Gasteiger partial charge is 0.181 e. The second-order valence-corrected chi connectivity index (χ2v) is 6.43. The van der Waals surface area contributed by atoms with E-state index in [2.05, 4.69) is 17.5 Å². The zero-order chi connectivity index (χ0) is 11.8. The summed E-state index contributed by atoms with van der Waals surface area (Å²) in [7, 11) is -3.10. The number of rotatable bonds is 3. The fourth-order valence-corrected chi connectivity index (χ4v) is 3.22. The highest BCUT2D eigenvalue weighted by Gasteiger charge is 2.36. The lowest BCUT2D eigenvalue weighted by molar-refractivity contribution is 0.595. The quantitative estimate of drug-likeness (QED) is 0.797. The first kappa shape index (κ1) is 11.3. The molecule has 1 aliphatic rings. The zero-order valence-corrected chi connectivity index (χ0v) is 10.1. The molecule has 2 rings (SSSR count). The van der Waals surface area contributed by atoms with Gasteiger partial charge in [0.15, 0.2) is 14.9 Å². The Labute approximate surface area is 99.8 Å². The number of benzene rings is 1. The van der Waals surface area contributed by atoms with Crippen molar-refractivity contribution < 1.29 is 8.42 Å². The molecule has 86 valence electrons. The molecule has 1 aromatic carbocycles. The Morgan fingerprint density at radius 1 is 1.31 bits per heavy atom. The highest BCUT2D eigenvalue weighted by molar-refractivity contribution is 7.92. The molecule has 0 unspecified atom stereocenters. The van der Waals surface area contributed by atoms with Crippen molar-refractivity contribution >= 4 is 32.9 Å². The average molecular weight is 256 g/mol. The molecule has 4 nitrogen and oxygen atoms in total. The minimum absolute atomic E-state index is 0.165. The van der Waals surface area contributed by atoms with Crippen molar-refractivity contribution in [2.75, 3.05) is 5.32 Å². The molecule has 3 N–H and O–H groups in total. The third kappa shape index (κ3) is 2.33. The highest BCUT2D eigenvalue weighted by atomic mass is 32.2. The molecule has 1 aliphatic carbocycles. The molecular weight excluding hydrogens is 244 g/mol. The van der Waals surface area contributed by atoms with Crippen LogP contribution in [-0.2, 0) is 9.84 Å². The van der Waals surface area contributed by atoms with Crippen LogP contribution in [0.25, 0.3) is 0 Å². The van der Waals surface area contributed by atoms with E-state index in [4.69, 9.17) is 5.73 Å². The summed E-state index contributed by atoms with van der Waals surface area (Å²) in [5.74, 6) is 0. The van der Waals surface area contributed by atoms with E-state index in [0.29, 0.717) is 10.6 Å². The van der Waals surface area contributed by atoms with Crippen LogP contribution in [0.5, 0.6) is 0 Å². The molecular formula is C10H12N2O2S2. The molecule has 16 heavy (non-hydrogen) atoms. The Kier molecular flexibility index (Phi) is 2.86. The number of hydrogen-bond donors (Lipinski definition) is 2. The summed E-state index contributed by atoms with van der Waals surface area (Å²) in [6, 6.07) is 6.48. The first-order chi connectivity index (χ1) is 7.50. The summed E-state index contributed by atoms with van der Waals surface area (Å²) in [5.41, 5.74) is 6.01. The van der Waals surface area contributed by atoms with E-state index in [0.717, 1.165) is 12.8 Å². The van der Waals surface area contributed by atoms with E-state index in [9.17, 15) is 8.42 Å². The van der Waals surface area contributed by atoms with Crippen LogP contribution >= 0.6 is 12.2 Å². The molecule has 1 aromatic rings. The number of hydrogen-bond acceptors (Lipinski definition) is 3. The van der Waals surface area contributed by atoms with Gasteiger partial charge in [-0.15, -0.1) is 0 Å². The largest absolute Gasteiger partial charge is 0.376 e. The van der Waals surface area contributed by atoms with Gasteiger partial charge in [-0.05, 0) is 49.3 Å². The van der Waals surface area contributed by atoms with E-state index in [1.165, 1.54) is 0 Å². The van der Waals surface area contributed by atoms with E-state index in [-0.39, 0.29) is 10.4 Å². The molecule has 0 aliphatic heterocycles. The fourth-order valence-electron chi connectivity index (χ4n) is 1.44. The molecule has 0 aromatic heterocycles. The second-order valence-electron chi connectivity index (χ2n) is 3.76. The second kappa shape index (κ2) is 4.03. The van der Waals surface area contributed by atoms with E-state index < -0.39 is 9.84 Å². The van der Waals surface area contributed by atoms with Crippen molar-refractivity contribution in [2.24, 2.45) is 5.73 Å². The fraction of sp³-hybridized carbons (Fsp3) is 0.300. The summed E-state index contributed by atoms with van der Waals surface area (Å²) in [6.07, 6.45) is 1.55. The first-order valence-electron chi connectivity index (χ1n) is 4.90. The van der Waals surface area contributed by atoms with Crippen LogP contribution in [0.1, 0.15) is 12.8 Å². The van der Waals surface area contributed by atoms with Crippen molar-refractivity contribution in [3.8, 4) is 0 Å². The van der Waals surface area contributed by atoms with Crippen LogP contribution in [0, 0.1) is 0 Å². The van der Waals surface area contributed by atoms with Gasteiger partial charge in [-0.2, -0.15) is 0 Å². The van der Waals surface area contributed by atoms with Gasteiger partial charge >= 0.3 is 0 Å². The van der Waals surface area contributed by atoms with Gasteiger partial charge in [0.1, 0.15) is 0 Å². The van der Waals surface area contributed by atoms with Gasteiger partial charge in [0, 0.05) is 5.69 Å². The van der Waals surface area contributed by atoms with Crippen LogP contribution in [0.2, 0.25) is 0 Å². The standard InChI is InChI=1S/C10H12N2O2S2/c11-10(15)12-7-1-3-8(4-2-7)16(13,14)9-5-6-9/h1-4,9H,5-6H2,(H3,11,12,15). The summed E-state index contributed by atoms with van der Waals surface area (Å²) < 4.78 is 23.7. The topological polar surface area (TPSA) is 72.2 Å². The third-order valence-electron chi connectivity index (χ3n) is 2.41. The Bertz CT molecular complexity index is 504. The van der Waals surface area contributed by atoms with Gasteiger partial charge in [0.05, 0.1) is 10.1 Å². The van der Waals surface area contributed by atoms with Crippen molar-refractivity contribution in [2.45, 2.75) is 23.0 Å². The van der Waals surface area contributed by atoms with E-state index in [1.54, 1.807) is 24.3 Å². The van der Waals surface area contributed by atoms with Crippen LogP contribution in [-0.4, -0.2) is 18.8 Å². The molecule has 0 saturated heterocycles. The van der Waals surface area contributed by atoms with Gasteiger partial charge in [0.25, 0.3) is 0 Å². The zero-order valence-electron chi connectivity index (χ0n) is 8.51. The molecule has 0 atom stereocenters. The molecule has 0 spiro atoms. The van der Waals surface area contributed by atoms with E-state index >= 15 is 0 Å². The maximum absolute atomic E-state index is 11.9. The summed E-state index contributed by atoms with van der Waals surface area (Å²) in [4.78, 5) is 0.364. The number of sulfone groups is 1. The van der Waals surface area contributed by atoms with Crippen LogP contribution in [0.4, 0.5) is 5.69 Å². The number of nitrogens with one attached hydrogen (secondary N) is 1. The third-order valence-corrected chi connectivity index (χ3v) is 4.79. The lowest BCUT2D eigenvalue weighted by atomic mass is 10.3. The Hall–Kier alpha value is -1.14. The predicted octanol–water partition coefficient (Wildman–Crippen LogP) is 1.28. The maximum atomic E-state index is 11.9. The molecule has 1 fully saturated rings. The minimum atomic E-state index is -3.10.